The quantitative estimate of drug-likeness (QED) is 0.503. The standard InChI is InChI=1S/C22H15ClN2O6/c1-12-8-16(6-7-17(12)23)30-15-4-2-13(3-5-15)14-9-18-20(24-10-14)21(28)25(11-19(26)27)22(29)31-18/h2-10H,11H2,1H3,(H,26,27). The van der Waals surface area contributed by atoms with Crippen molar-refractivity contribution >= 4 is 28.7 Å². The molecular formula is C22H15ClN2O6. The third-order valence-corrected chi connectivity index (χ3v) is 4.99. The van der Waals surface area contributed by atoms with Crippen LogP contribution < -0.4 is 16.1 Å². The molecule has 9 heteroatoms. The molecule has 0 fully saturated rings. The number of fused-ring (bicyclic) bond motifs is 1. The molecule has 0 saturated carbocycles. The minimum Gasteiger partial charge on any atom is -0.480 e. The molecule has 0 spiro atoms. The molecule has 4 aromatic rings. The minimum atomic E-state index is -1.33. The predicted octanol–water partition coefficient (Wildman–Crippen LogP) is 3.86. The zero-order chi connectivity index (χ0) is 22.1. The number of aromatic nitrogens is 2. The van der Waals surface area contributed by atoms with Gasteiger partial charge in [-0.1, -0.05) is 23.7 Å². The Morgan fingerprint density at radius 2 is 1.81 bits per heavy atom. The molecule has 156 valence electrons. The van der Waals surface area contributed by atoms with Crippen molar-refractivity contribution in [2.45, 2.75) is 13.5 Å². The molecular weight excluding hydrogens is 424 g/mol. The van der Waals surface area contributed by atoms with Crippen molar-refractivity contribution in [2.24, 2.45) is 0 Å². The molecule has 0 amide bonds. The summed E-state index contributed by atoms with van der Waals surface area (Å²) < 4.78 is 11.4. The monoisotopic (exact) mass is 438 g/mol. The number of halogens is 1. The van der Waals surface area contributed by atoms with Gasteiger partial charge < -0.3 is 14.3 Å². The topological polar surface area (TPSA) is 112 Å². The van der Waals surface area contributed by atoms with Crippen molar-refractivity contribution in [1.82, 2.24) is 9.55 Å². The summed E-state index contributed by atoms with van der Waals surface area (Å²) in [5.41, 5.74) is 1.31. The fourth-order valence-electron chi connectivity index (χ4n) is 3.00. The number of aliphatic carboxylic acids is 1. The van der Waals surface area contributed by atoms with E-state index in [1.54, 1.807) is 36.4 Å². The SMILES string of the molecule is Cc1cc(Oc2ccc(-c3cnc4c(=O)n(CC(=O)O)c(=O)oc4c3)cc2)ccc1Cl. The van der Waals surface area contributed by atoms with Gasteiger partial charge in [-0.25, -0.2) is 14.3 Å². The second-order valence-electron chi connectivity index (χ2n) is 6.76. The second kappa shape index (κ2) is 8.08. The number of aryl methyl sites for hydroxylation is 1. The van der Waals surface area contributed by atoms with Crippen molar-refractivity contribution in [3.05, 3.63) is 86.2 Å². The van der Waals surface area contributed by atoms with Crippen LogP contribution in [0.4, 0.5) is 0 Å². The van der Waals surface area contributed by atoms with Crippen LogP contribution in [-0.2, 0) is 11.3 Å². The van der Waals surface area contributed by atoms with Gasteiger partial charge >= 0.3 is 11.7 Å². The van der Waals surface area contributed by atoms with Crippen LogP contribution in [0.3, 0.4) is 0 Å². The van der Waals surface area contributed by atoms with E-state index in [9.17, 15) is 14.4 Å². The Bertz CT molecular complexity index is 1420. The lowest BCUT2D eigenvalue weighted by Crippen LogP contribution is -2.35. The van der Waals surface area contributed by atoms with E-state index in [-0.39, 0.29) is 11.1 Å². The molecule has 0 bridgehead atoms. The Morgan fingerprint density at radius 1 is 1.10 bits per heavy atom. The van der Waals surface area contributed by atoms with Gasteiger partial charge in [-0.05, 0) is 54.4 Å². The number of ether oxygens (including phenoxy) is 1. The number of pyridine rings is 1. The highest BCUT2D eigenvalue weighted by molar-refractivity contribution is 6.31. The van der Waals surface area contributed by atoms with Crippen LogP contribution in [0.25, 0.3) is 22.2 Å². The minimum absolute atomic E-state index is 0.0221. The average molecular weight is 439 g/mol. The molecule has 4 rings (SSSR count). The Kier molecular flexibility index (Phi) is 5.31. The lowest BCUT2D eigenvalue weighted by molar-refractivity contribution is -0.137. The Labute approximate surface area is 179 Å². The van der Waals surface area contributed by atoms with E-state index in [1.165, 1.54) is 12.3 Å². The first-order chi connectivity index (χ1) is 14.8. The Hall–Kier alpha value is -3.91. The highest BCUT2D eigenvalue weighted by Crippen LogP contribution is 2.28. The van der Waals surface area contributed by atoms with E-state index in [0.717, 1.165) is 11.1 Å². The van der Waals surface area contributed by atoms with Crippen molar-refractivity contribution < 1.29 is 19.1 Å². The van der Waals surface area contributed by atoms with Crippen molar-refractivity contribution in [2.75, 3.05) is 0 Å². The van der Waals surface area contributed by atoms with E-state index in [0.29, 0.717) is 26.7 Å². The molecule has 2 aromatic carbocycles. The summed E-state index contributed by atoms with van der Waals surface area (Å²) in [7, 11) is 0. The average Bonchev–Trinajstić information content (AvgIpc) is 2.74. The van der Waals surface area contributed by atoms with E-state index in [1.807, 2.05) is 13.0 Å². The van der Waals surface area contributed by atoms with E-state index in [4.69, 9.17) is 25.9 Å². The Balaban J connectivity index is 1.64. The first-order valence-corrected chi connectivity index (χ1v) is 9.49. The molecule has 2 heterocycles. The third kappa shape index (κ3) is 4.19. The van der Waals surface area contributed by atoms with Crippen LogP contribution in [0.1, 0.15) is 5.56 Å². The summed E-state index contributed by atoms with van der Waals surface area (Å²) in [5.74, 6) is -1.12. The van der Waals surface area contributed by atoms with Gasteiger partial charge in [0.1, 0.15) is 18.0 Å². The zero-order valence-electron chi connectivity index (χ0n) is 16.2. The summed E-state index contributed by atoms with van der Waals surface area (Å²) >= 11 is 6.03. The van der Waals surface area contributed by atoms with Crippen LogP contribution in [0.5, 0.6) is 11.5 Å². The van der Waals surface area contributed by atoms with Gasteiger partial charge in [0.15, 0.2) is 11.1 Å². The predicted molar refractivity (Wildman–Crippen MR) is 114 cm³/mol. The van der Waals surface area contributed by atoms with Gasteiger partial charge in [0.25, 0.3) is 5.56 Å². The summed E-state index contributed by atoms with van der Waals surface area (Å²) in [6, 6.07) is 14.0. The summed E-state index contributed by atoms with van der Waals surface area (Å²) in [5, 5.41) is 9.51. The van der Waals surface area contributed by atoms with Crippen molar-refractivity contribution in [1.29, 1.82) is 0 Å². The highest BCUT2D eigenvalue weighted by Gasteiger charge is 2.14. The smallest absolute Gasteiger partial charge is 0.422 e. The van der Waals surface area contributed by atoms with Crippen molar-refractivity contribution in [3.63, 3.8) is 0 Å². The zero-order valence-corrected chi connectivity index (χ0v) is 16.9. The maximum atomic E-state index is 12.3. The lowest BCUT2D eigenvalue weighted by atomic mass is 10.1. The highest BCUT2D eigenvalue weighted by atomic mass is 35.5. The van der Waals surface area contributed by atoms with Gasteiger partial charge in [0, 0.05) is 16.8 Å². The number of carbonyl (C=O) groups is 1. The van der Waals surface area contributed by atoms with E-state index in [2.05, 4.69) is 4.98 Å². The van der Waals surface area contributed by atoms with Crippen molar-refractivity contribution in [3.8, 4) is 22.6 Å². The second-order valence-corrected chi connectivity index (χ2v) is 7.17. The largest absolute Gasteiger partial charge is 0.480 e. The molecule has 1 N–H and O–H groups in total. The van der Waals surface area contributed by atoms with Crippen LogP contribution in [0.15, 0.2) is 68.7 Å². The fraction of sp³-hybridized carbons (Fsp3) is 0.0909. The van der Waals surface area contributed by atoms with E-state index < -0.39 is 23.8 Å². The lowest BCUT2D eigenvalue weighted by Gasteiger charge is -2.09. The molecule has 0 saturated heterocycles. The van der Waals surface area contributed by atoms with Gasteiger partial charge in [-0.3, -0.25) is 9.59 Å². The number of rotatable bonds is 5. The summed E-state index contributed by atoms with van der Waals surface area (Å²) in [4.78, 5) is 39.2. The molecule has 0 atom stereocenters. The van der Waals surface area contributed by atoms with Crippen LogP contribution in [0.2, 0.25) is 5.02 Å². The molecule has 2 aromatic heterocycles. The number of hydrogen-bond donors (Lipinski definition) is 1. The molecule has 0 aliphatic rings. The summed E-state index contributed by atoms with van der Waals surface area (Å²) in [6.07, 6.45) is 1.45. The molecule has 0 aliphatic carbocycles. The third-order valence-electron chi connectivity index (χ3n) is 4.56. The number of benzene rings is 2. The molecule has 8 nitrogen and oxygen atoms in total. The van der Waals surface area contributed by atoms with Crippen LogP contribution in [0, 0.1) is 6.92 Å². The molecule has 0 unspecified atom stereocenters. The molecule has 0 aliphatic heterocycles. The number of nitrogens with zero attached hydrogens (tertiary/aromatic N) is 2. The van der Waals surface area contributed by atoms with Crippen LogP contribution >= 0.6 is 11.6 Å². The Morgan fingerprint density at radius 3 is 2.48 bits per heavy atom. The fourth-order valence-corrected chi connectivity index (χ4v) is 3.12. The van der Waals surface area contributed by atoms with Gasteiger partial charge in [0.2, 0.25) is 0 Å². The van der Waals surface area contributed by atoms with Crippen LogP contribution in [-0.4, -0.2) is 20.6 Å². The molecule has 0 radical (unpaired) electrons. The maximum absolute atomic E-state index is 12.3. The summed E-state index contributed by atoms with van der Waals surface area (Å²) in [6.45, 7) is 1.09. The van der Waals surface area contributed by atoms with Gasteiger partial charge in [-0.15, -0.1) is 0 Å². The molecule has 31 heavy (non-hydrogen) atoms. The first-order valence-electron chi connectivity index (χ1n) is 9.12. The van der Waals surface area contributed by atoms with Gasteiger partial charge in [-0.2, -0.15) is 0 Å². The number of carboxylic acid groups (broad SMARTS) is 1. The van der Waals surface area contributed by atoms with Gasteiger partial charge in [0.05, 0.1) is 0 Å². The number of hydrogen-bond acceptors (Lipinski definition) is 6. The maximum Gasteiger partial charge on any atom is 0.422 e. The normalized spacial score (nSPS) is 10.9. The van der Waals surface area contributed by atoms with E-state index >= 15 is 0 Å². The number of carboxylic acids is 1. The first kappa shape index (κ1) is 20.4.